The highest BCUT2D eigenvalue weighted by Gasteiger charge is 2.00. The van der Waals surface area contributed by atoms with Crippen LogP contribution in [0.25, 0.3) is 0 Å². The Morgan fingerprint density at radius 1 is 1.40 bits per heavy atom. The SMILES string of the molecule is CNc1cc(CSc2ncco2)ccn1. The van der Waals surface area contributed by atoms with Gasteiger partial charge in [0.25, 0.3) is 5.22 Å². The topological polar surface area (TPSA) is 51.0 Å². The van der Waals surface area contributed by atoms with Gasteiger partial charge in [-0.15, -0.1) is 0 Å². The van der Waals surface area contributed by atoms with Crippen molar-refractivity contribution in [2.24, 2.45) is 0 Å². The second-order valence-corrected chi connectivity index (χ2v) is 3.81. The first kappa shape index (κ1) is 10.0. The van der Waals surface area contributed by atoms with Crippen molar-refractivity contribution in [1.82, 2.24) is 9.97 Å². The van der Waals surface area contributed by atoms with E-state index in [-0.39, 0.29) is 0 Å². The number of aromatic nitrogens is 2. The largest absolute Gasteiger partial charge is 0.440 e. The van der Waals surface area contributed by atoms with Gasteiger partial charge < -0.3 is 9.73 Å². The van der Waals surface area contributed by atoms with Crippen LogP contribution in [0.5, 0.6) is 0 Å². The minimum Gasteiger partial charge on any atom is -0.440 e. The summed E-state index contributed by atoms with van der Waals surface area (Å²) in [6.45, 7) is 0. The summed E-state index contributed by atoms with van der Waals surface area (Å²) in [5, 5.41) is 3.69. The van der Waals surface area contributed by atoms with Crippen molar-refractivity contribution in [3.05, 3.63) is 36.4 Å². The quantitative estimate of drug-likeness (QED) is 0.803. The van der Waals surface area contributed by atoms with Crippen LogP contribution in [-0.2, 0) is 5.75 Å². The van der Waals surface area contributed by atoms with Gasteiger partial charge in [-0.2, -0.15) is 0 Å². The number of nitrogens with zero attached hydrogens (tertiary/aromatic N) is 2. The van der Waals surface area contributed by atoms with Crippen molar-refractivity contribution in [1.29, 1.82) is 0 Å². The van der Waals surface area contributed by atoms with Crippen molar-refractivity contribution in [3.8, 4) is 0 Å². The summed E-state index contributed by atoms with van der Waals surface area (Å²) < 4.78 is 5.13. The van der Waals surface area contributed by atoms with Crippen LogP contribution in [0.2, 0.25) is 0 Å². The van der Waals surface area contributed by atoms with E-state index in [2.05, 4.69) is 15.3 Å². The third kappa shape index (κ3) is 2.73. The molecule has 0 bridgehead atoms. The fourth-order valence-electron chi connectivity index (χ4n) is 1.13. The molecule has 0 spiro atoms. The zero-order chi connectivity index (χ0) is 10.5. The van der Waals surface area contributed by atoms with Crippen molar-refractivity contribution >= 4 is 17.6 Å². The number of rotatable bonds is 4. The van der Waals surface area contributed by atoms with Crippen molar-refractivity contribution in [3.63, 3.8) is 0 Å². The molecule has 0 atom stereocenters. The summed E-state index contributed by atoms with van der Waals surface area (Å²) in [5.74, 6) is 1.71. The predicted octanol–water partition coefficient (Wildman–Crippen LogP) is 2.40. The van der Waals surface area contributed by atoms with Crippen LogP contribution >= 0.6 is 11.8 Å². The van der Waals surface area contributed by atoms with Gasteiger partial charge in [0.2, 0.25) is 0 Å². The lowest BCUT2D eigenvalue weighted by Gasteiger charge is -2.01. The fourth-order valence-corrected chi connectivity index (χ4v) is 1.86. The molecule has 0 amide bonds. The number of anilines is 1. The van der Waals surface area contributed by atoms with Gasteiger partial charge in [0.15, 0.2) is 0 Å². The van der Waals surface area contributed by atoms with Gasteiger partial charge in [-0.3, -0.25) is 0 Å². The highest BCUT2D eigenvalue weighted by molar-refractivity contribution is 7.98. The van der Waals surface area contributed by atoms with E-state index in [0.29, 0.717) is 5.22 Å². The normalized spacial score (nSPS) is 10.2. The molecule has 4 nitrogen and oxygen atoms in total. The first-order valence-corrected chi connectivity index (χ1v) is 5.52. The molecule has 0 aliphatic heterocycles. The summed E-state index contributed by atoms with van der Waals surface area (Å²) in [6, 6.07) is 3.99. The highest BCUT2D eigenvalue weighted by atomic mass is 32.2. The monoisotopic (exact) mass is 221 g/mol. The Kier molecular flexibility index (Phi) is 3.24. The Bertz CT molecular complexity index is 416. The van der Waals surface area contributed by atoms with Crippen LogP contribution in [0.15, 0.2) is 40.4 Å². The molecular formula is C10H11N3OS. The van der Waals surface area contributed by atoms with Crippen LogP contribution in [0, 0.1) is 0 Å². The Hall–Kier alpha value is -1.49. The summed E-state index contributed by atoms with van der Waals surface area (Å²) in [7, 11) is 1.85. The Morgan fingerprint density at radius 3 is 3.07 bits per heavy atom. The van der Waals surface area contributed by atoms with Gasteiger partial charge in [-0.1, -0.05) is 11.8 Å². The smallest absolute Gasteiger partial charge is 0.255 e. The molecule has 2 heterocycles. The predicted molar refractivity (Wildman–Crippen MR) is 59.8 cm³/mol. The molecule has 0 saturated carbocycles. The van der Waals surface area contributed by atoms with E-state index in [4.69, 9.17) is 4.42 Å². The standard InChI is InChI=1S/C10H11N3OS/c1-11-9-6-8(2-3-12-9)7-15-10-13-4-5-14-10/h2-6H,7H2,1H3,(H,11,12). The van der Waals surface area contributed by atoms with Crippen LogP contribution < -0.4 is 5.32 Å². The molecular weight excluding hydrogens is 210 g/mol. The molecule has 15 heavy (non-hydrogen) atoms. The maximum Gasteiger partial charge on any atom is 0.255 e. The molecule has 0 aliphatic carbocycles. The third-order valence-corrected chi connectivity index (χ3v) is 2.78. The number of thioether (sulfide) groups is 1. The zero-order valence-corrected chi connectivity index (χ0v) is 9.12. The van der Waals surface area contributed by atoms with Gasteiger partial charge in [0, 0.05) is 19.0 Å². The van der Waals surface area contributed by atoms with E-state index in [1.807, 2.05) is 19.2 Å². The van der Waals surface area contributed by atoms with E-state index in [1.54, 1.807) is 30.4 Å². The first-order chi connectivity index (χ1) is 7.38. The number of pyridine rings is 1. The first-order valence-electron chi connectivity index (χ1n) is 4.53. The van der Waals surface area contributed by atoms with E-state index < -0.39 is 0 Å². The molecule has 0 aromatic carbocycles. The molecule has 5 heteroatoms. The number of hydrogen-bond acceptors (Lipinski definition) is 5. The lowest BCUT2D eigenvalue weighted by molar-refractivity contribution is 0.454. The number of hydrogen-bond donors (Lipinski definition) is 1. The Balaban J connectivity index is 1.98. The van der Waals surface area contributed by atoms with Gasteiger partial charge >= 0.3 is 0 Å². The molecule has 1 N–H and O–H groups in total. The van der Waals surface area contributed by atoms with Crippen LogP contribution in [0.3, 0.4) is 0 Å². The number of oxazole rings is 1. The average molecular weight is 221 g/mol. The van der Waals surface area contributed by atoms with Crippen molar-refractivity contribution < 1.29 is 4.42 Å². The molecule has 2 rings (SSSR count). The fraction of sp³-hybridized carbons (Fsp3) is 0.200. The zero-order valence-electron chi connectivity index (χ0n) is 8.30. The highest BCUT2D eigenvalue weighted by Crippen LogP contribution is 2.21. The molecule has 2 aromatic heterocycles. The van der Waals surface area contributed by atoms with E-state index in [1.165, 1.54) is 5.56 Å². The maximum atomic E-state index is 5.13. The molecule has 2 aromatic rings. The lowest BCUT2D eigenvalue weighted by Crippen LogP contribution is -1.92. The van der Waals surface area contributed by atoms with E-state index >= 15 is 0 Å². The summed E-state index contributed by atoms with van der Waals surface area (Å²) >= 11 is 1.57. The second-order valence-electron chi connectivity index (χ2n) is 2.89. The average Bonchev–Trinajstić information content (AvgIpc) is 2.79. The minimum atomic E-state index is 0.692. The Morgan fingerprint density at radius 2 is 2.33 bits per heavy atom. The van der Waals surface area contributed by atoms with Crippen molar-refractivity contribution in [2.45, 2.75) is 11.0 Å². The molecule has 0 saturated heterocycles. The molecule has 0 radical (unpaired) electrons. The third-order valence-electron chi connectivity index (χ3n) is 1.85. The van der Waals surface area contributed by atoms with Crippen LogP contribution in [0.4, 0.5) is 5.82 Å². The van der Waals surface area contributed by atoms with Crippen molar-refractivity contribution in [2.75, 3.05) is 12.4 Å². The molecule has 0 unspecified atom stereocenters. The summed E-state index contributed by atoms with van der Waals surface area (Å²) in [6.07, 6.45) is 5.01. The van der Waals surface area contributed by atoms with E-state index in [9.17, 15) is 0 Å². The minimum absolute atomic E-state index is 0.692. The van der Waals surface area contributed by atoms with E-state index in [0.717, 1.165) is 11.6 Å². The molecule has 0 fully saturated rings. The summed E-state index contributed by atoms with van der Waals surface area (Å²) in [5.41, 5.74) is 1.19. The van der Waals surface area contributed by atoms with Gasteiger partial charge in [-0.05, 0) is 17.7 Å². The summed E-state index contributed by atoms with van der Waals surface area (Å²) in [4.78, 5) is 8.18. The molecule has 78 valence electrons. The van der Waals surface area contributed by atoms with Gasteiger partial charge in [0.05, 0.1) is 6.20 Å². The van der Waals surface area contributed by atoms with Gasteiger partial charge in [0.1, 0.15) is 12.1 Å². The van der Waals surface area contributed by atoms with Gasteiger partial charge in [-0.25, -0.2) is 9.97 Å². The lowest BCUT2D eigenvalue weighted by atomic mass is 10.3. The number of nitrogens with one attached hydrogen (secondary N) is 1. The molecule has 0 aliphatic rings. The maximum absolute atomic E-state index is 5.13. The van der Waals surface area contributed by atoms with Crippen LogP contribution in [0.1, 0.15) is 5.56 Å². The van der Waals surface area contributed by atoms with Crippen LogP contribution in [-0.4, -0.2) is 17.0 Å². The second kappa shape index (κ2) is 4.84. The Labute approximate surface area is 92.1 Å².